The number of anilines is 1. The molecule has 0 heterocycles. The lowest BCUT2D eigenvalue weighted by Gasteiger charge is -2.18. The topological polar surface area (TPSA) is 72.2 Å². The zero-order chi connectivity index (χ0) is 14.0. The van der Waals surface area contributed by atoms with Crippen molar-refractivity contribution >= 4 is 15.7 Å². The fourth-order valence-corrected chi connectivity index (χ4v) is 2.50. The predicted octanol–water partition coefficient (Wildman–Crippen LogP) is 2.29. The lowest BCUT2D eigenvalue weighted by Crippen LogP contribution is -2.27. The minimum atomic E-state index is -3.45. The first-order chi connectivity index (χ1) is 8.12. The summed E-state index contributed by atoms with van der Waals surface area (Å²) in [6.07, 6.45) is 0.785. The molecule has 0 radical (unpaired) electrons. The van der Waals surface area contributed by atoms with E-state index in [0.717, 1.165) is 12.0 Å². The third-order valence-corrected chi connectivity index (χ3v) is 4.19. The van der Waals surface area contributed by atoms with Crippen LogP contribution < -0.4 is 10.5 Å². The highest BCUT2D eigenvalue weighted by atomic mass is 32.2. The molecule has 0 unspecified atom stereocenters. The largest absolute Gasteiger partial charge is 0.398 e. The van der Waals surface area contributed by atoms with E-state index in [1.165, 1.54) is 6.07 Å². The van der Waals surface area contributed by atoms with E-state index in [-0.39, 0.29) is 10.3 Å². The highest BCUT2D eigenvalue weighted by molar-refractivity contribution is 7.89. The van der Waals surface area contributed by atoms with Gasteiger partial charge in [0.05, 0.1) is 4.90 Å². The van der Waals surface area contributed by atoms with E-state index in [1.54, 1.807) is 12.1 Å². The summed E-state index contributed by atoms with van der Waals surface area (Å²) in [5.74, 6) is 0. The van der Waals surface area contributed by atoms with Crippen LogP contribution in [0.4, 0.5) is 5.69 Å². The molecule has 0 aliphatic heterocycles. The van der Waals surface area contributed by atoms with Gasteiger partial charge in [-0.1, -0.05) is 26.8 Å². The third-order valence-electron chi connectivity index (χ3n) is 2.73. The number of hydrogen-bond donors (Lipinski definition) is 2. The Hall–Kier alpha value is -1.07. The van der Waals surface area contributed by atoms with Gasteiger partial charge in [-0.15, -0.1) is 0 Å². The Morgan fingerprint density at radius 1 is 1.28 bits per heavy atom. The molecule has 102 valence electrons. The van der Waals surface area contributed by atoms with Gasteiger partial charge in [0.2, 0.25) is 10.0 Å². The summed E-state index contributed by atoms with van der Waals surface area (Å²) in [5, 5.41) is 0. The molecule has 0 aliphatic carbocycles. The zero-order valence-electron chi connectivity index (χ0n) is 11.4. The van der Waals surface area contributed by atoms with E-state index in [2.05, 4.69) is 25.5 Å². The van der Waals surface area contributed by atoms with Gasteiger partial charge in [-0.3, -0.25) is 0 Å². The van der Waals surface area contributed by atoms with Crippen molar-refractivity contribution in [3.05, 3.63) is 23.8 Å². The van der Waals surface area contributed by atoms with Crippen LogP contribution in [0.3, 0.4) is 0 Å². The molecular formula is C13H22N2O2S. The van der Waals surface area contributed by atoms with Crippen LogP contribution in [0.25, 0.3) is 0 Å². The molecule has 0 aliphatic rings. The maximum Gasteiger partial charge on any atom is 0.240 e. The third kappa shape index (κ3) is 4.31. The molecule has 4 nitrogen and oxygen atoms in total. The molecule has 0 bridgehead atoms. The van der Waals surface area contributed by atoms with E-state index in [9.17, 15) is 8.42 Å². The van der Waals surface area contributed by atoms with E-state index in [4.69, 9.17) is 5.73 Å². The molecule has 0 fully saturated rings. The molecule has 1 rings (SSSR count). The number of nitrogens with two attached hydrogens (primary N) is 1. The summed E-state index contributed by atoms with van der Waals surface area (Å²) in [6.45, 7) is 8.50. The van der Waals surface area contributed by atoms with Gasteiger partial charge in [0.25, 0.3) is 0 Å². The minimum Gasteiger partial charge on any atom is -0.398 e. The van der Waals surface area contributed by atoms with Gasteiger partial charge in [-0.25, -0.2) is 13.1 Å². The molecule has 0 saturated carbocycles. The van der Waals surface area contributed by atoms with Gasteiger partial charge in [-0.05, 0) is 36.5 Å². The van der Waals surface area contributed by atoms with Crippen LogP contribution in [0.15, 0.2) is 23.1 Å². The van der Waals surface area contributed by atoms with Crippen molar-refractivity contribution in [3.8, 4) is 0 Å². The van der Waals surface area contributed by atoms with Crippen LogP contribution in [0.2, 0.25) is 0 Å². The first kappa shape index (κ1) is 15.0. The summed E-state index contributed by atoms with van der Waals surface area (Å²) in [5.41, 5.74) is 7.20. The van der Waals surface area contributed by atoms with Crippen molar-refractivity contribution in [2.75, 3.05) is 12.3 Å². The second kappa shape index (κ2) is 5.28. The van der Waals surface area contributed by atoms with Crippen molar-refractivity contribution in [2.24, 2.45) is 5.41 Å². The van der Waals surface area contributed by atoms with Gasteiger partial charge in [0, 0.05) is 12.2 Å². The second-order valence-corrected chi connectivity index (χ2v) is 7.49. The molecule has 1 aromatic rings. The molecule has 0 aromatic heterocycles. The molecule has 18 heavy (non-hydrogen) atoms. The Labute approximate surface area is 110 Å². The van der Waals surface area contributed by atoms with Gasteiger partial charge in [0.15, 0.2) is 0 Å². The average Bonchev–Trinajstić information content (AvgIpc) is 2.19. The number of hydrogen-bond acceptors (Lipinski definition) is 3. The fraction of sp³-hybridized carbons (Fsp3) is 0.538. The van der Waals surface area contributed by atoms with Gasteiger partial charge < -0.3 is 5.73 Å². The molecule has 1 aromatic carbocycles. The quantitative estimate of drug-likeness (QED) is 0.825. The SMILES string of the molecule is Cc1ccc(S(=O)(=O)NCCC(C)(C)C)cc1N. The van der Waals surface area contributed by atoms with E-state index < -0.39 is 10.0 Å². The summed E-state index contributed by atoms with van der Waals surface area (Å²) >= 11 is 0. The molecule has 0 atom stereocenters. The van der Waals surface area contributed by atoms with E-state index >= 15 is 0 Å². The first-order valence-corrected chi connectivity index (χ1v) is 7.46. The minimum absolute atomic E-state index is 0.106. The molecule has 5 heteroatoms. The number of aryl methyl sites for hydroxylation is 1. The summed E-state index contributed by atoms with van der Waals surface area (Å²) in [7, 11) is -3.45. The number of benzene rings is 1. The maximum absolute atomic E-state index is 12.0. The predicted molar refractivity (Wildman–Crippen MR) is 74.9 cm³/mol. The second-order valence-electron chi connectivity index (χ2n) is 5.73. The van der Waals surface area contributed by atoms with Crippen molar-refractivity contribution in [1.82, 2.24) is 4.72 Å². The summed E-state index contributed by atoms with van der Waals surface area (Å²) in [4.78, 5) is 0.222. The Bertz CT molecular complexity index is 516. The van der Waals surface area contributed by atoms with Gasteiger partial charge >= 0.3 is 0 Å². The lowest BCUT2D eigenvalue weighted by atomic mass is 9.93. The number of nitrogen functional groups attached to an aromatic ring is 1. The van der Waals surface area contributed by atoms with Gasteiger partial charge in [-0.2, -0.15) is 0 Å². The van der Waals surface area contributed by atoms with Crippen LogP contribution in [-0.4, -0.2) is 15.0 Å². The van der Waals surface area contributed by atoms with Crippen LogP contribution in [0, 0.1) is 12.3 Å². The average molecular weight is 270 g/mol. The normalized spacial score (nSPS) is 12.7. The number of nitrogens with one attached hydrogen (secondary N) is 1. The Morgan fingerprint density at radius 2 is 1.89 bits per heavy atom. The first-order valence-electron chi connectivity index (χ1n) is 5.98. The Balaban J connectivity index is 2.77. The zero-order valence-corrected chi connectivity index (χ0v) is 12.3. The lowest BCUT2D eigenvalue weighted by molar-refractivity contribution is 0.378. The Morgan fingerprint density at radius 3 is 2.39 bits per heavy atom. The van der Waals surface area contributed by atoms with Crippen molar-refractivity contribution in [2.45, 2.75) is 39.0 Å². The van der Waals surface area contributed by atoms with Gasteiger partial charge in [0.1, 0.15) is 0 Å². The smallest absolute Gasteiger partial charge is 0.240 e. The molecule has 0 amide bonds. The van der Waals surface area contributed by atoms with Crippen LogP contribution in [0.1, 0.15) is 32.8 Å². The van der Waals surface area contributed by atoms with Crippen LogP contribution in [0.5, 0.6) is 0 Å². The highest BCUT2D eigenvalue weighted by Crippen LogP contribution is 2.19. The van der Waals surface area contributed by atoms with Crippen molar-refractivity contribution in [3.63, 3.8) is 0 Å². The van der Waals surface area contributed by atoms with E-state index in [0.29, 0.717) is 12.2 Å². The highest BCUT2D eigenvalue weighted by Gasteiger charge is 2.16. The van der Waals surface area contributed by atoms with Crippen LogP contribution in [-0.2, 0) is 10.0 Å². The van der Waals surface area contributed by atoms with E-state index in [1.807, 2.05) is 6.92 Å². The monoisotopic (exact) mass is 270 g/mol. The number of sulfonamides is 1. The van der Waals surface area contributed by atoms with Crippen molar-refractivity contribution in [1.29, 1.82) is 0 Å². The number of rotatable bonds is 4. The van der Waals surface area contributed by atoms with Crippen molar-refractivity contribution < 1.29 is 8.42 Å². The molecular weight excluding hydrogens is 248 g/mol. The standard InChI is InChI=1S/C13H22N2O2S/c1-10-5-6-11(9-12(10)14)18(16,17)15-8-7-13(2,3)4/h5-6,9,15H,7-8,14H2,1-4H3. The molecule has 0 saturated heterocycles. The molecule has 0 spiro atoms. The molecule has 3 N–H and O–H groups in total. The summed E-state index contributed by atoms with van der Waals surface area (Å²) < 4.78 is 26.6. The van der Waals surface area contributed by atoms with Crippen LogP contribution >= 0.6 is 0 Å². The fourth-order valence-electron chi connectivity index (χ4n) is 1.43. The Kier molecular flexibility index (Phi) is 4.40. The maximum atomic E-state index is 12.0. The summed E-state index contributed by atoms with van der Waals surface area (Å²) in [6, 6.07) is 4.79.